The van der Waals surface area contributed by atoms with Gasteiger partial charge in [-0.3, -0.25) is 9.59 Å². The predicted molar refractivity (Wildman–Crippen MR) is 162 cm³/mol. The minimum Gasteiger partial charge on any atom is -0.424 e. The number of fused-ring (bicyclic) bond motifs is 1. The van der Waals surface area contributed by atoms with Gasteiger partial charge in [0.2, 0.25) is 0 Å². The van der Waals surface area contributed by atoms with Gasteiger partial charge in [-0.1, -0.05) is 0 Å². The van der Waals surface area contributed by atoms with Crippen molar-refractivity contribution in [2.75, 3.05) is 61.6 Å². The molecule has 47 heavy (non-hydrogen) atoms. The van der Waals surface area contributed by atoms with E-state index in [0.29, 0.717) is 35.3 Å². The van der Waals surface area contributed by atoms with Crippen LogP contribution in [-0.2, 0) is 9.53 Å². The molecule has 4 heterocycles. The highest BCUT2D eigenvalue weighted by atomic mass is 19.4. The minimum absolute atomic E-state index is 0.122. The summed E-state index contributed by atoms with van der Waals surface area (Å²) < 4.78 is 80.3. The number of carbonyl (C=O) groups excluding carboxylic acids is 2. The van der Waals surface area contributed by atoms with Gasteiger partial charge in [-0.15, -0.1) is 0 Å². The number of piperazine rings is 1. The number of likely N-dealkylation sites (N-methyl/N-ethyl adjacent to an activating group) is 1. The molecule has 4 aromatic rings. The van der Waals surface area contributed by atoms with Gasteiger partial charge in [0, 0.05) is 75.5 Å². The Labute approximate surface area is 265 Å². The summed E-state index contributed by atoms with van der Waals surface area (Å²) in [6, 6.07) is 5.93. The van der Waals surface area contributed by atoms with Crippen LogP contribution >= 0.6 is 0 Å². The molecule has 11 nitrogen and oxygen atoms in total. The number of rotatable bonds is 7. The average Bonchev–Trinajstić information content (AvgIpc) is 3.42. The third kappa shape index (κ3) is 7.12. The molecular weight excluding hydrogens is 629 g/mol. The van der Waals surface area contributed by atoms with E-state index in [1.807, 2.05) is 11.9 Å². The van der Waals surface area contributed by atoms with Gasteiger partial charge in [-0.2, -0.15) is 18.2 Å². The number of H-pyrrole nitrogens is 1. The van der Waals surface area contributed by atoms with E-state index in [2.05, 4.69) is 25.2 Å². The van der Waals surface area contributed by atoms with Crippen LogP contribution in [0.4, 0.5) is 39.0 Å². The topological polar surface area (TPSA) is 116 Å². The highest BCUT2D eigenvalue weighted by Gasteiger charge is 2.46. The van der Waals surface area contributed by atoms with Gasteiger partial charge < -0.3 is 34.5 Å². The van der Waals surface area contributed by atoms with Crippen molar-refractivity contribution in [1.82, 2.24) is 19.9 Å². The van der Waals surface area contributed by atoms with Gasteiger partial charge in [0.05, 0.1) is 28.7 Å². The maximum Gasteiger partial charge on any atom is 0.471 e. The number of hydrogen-bond donors (Lipinski definition) is 2. The average molecular weight is 660 g/mol. The van der Waals surface area contributed by atoms with E-state index in [1.165, 1.54) is 24.5 Å². The summed E-state index contributed by atoms with van der Waals surface area (Å²) in [6.45, 7) is 2.98. The molecule has 0 bridgehead atoms. The summed E-state index contributed by atoms with van der Waals surface area (Å²) in [5.74, 6) is -4.82. The summed E-state index contributed by atoms with van der Waals surface area (Å²) >= 11 is 0. The first-order valence-electron chi connectivity index (χ1n) is 14.8. The summed E-state index contributed by atoms with van der Waals surface area (Å²) in [5.41, 5.74) is 0.869. The lowest BCUT2D eigenvalue weighted by Crippen LogP contribution is -2.50. The quantitative estimate of drug-likeness (QED) is 0.263. The molecule has 2 aliphatic heterocycles. The van der Waals surface area contributed by atoms with Crippen molar-refractivity contribution >= 4 is 39.9 Å². The van der Waals surface area contributed by atoms with Crippen LogP contribution in [0.25, 0.3) is 11.0 Å². The second kappa shape index (κ2) is 13.1. The summed E-state index contributed by atoms with van der Waals surface area (Å²) in [5, 5.41) is 2.67. The lowest BCUT2D eigenvalue weighted by Gasteiger charge is -2.37. The molecule has 16 heteroatoms. The van der Waals surface area contributed by atoms with Gasteiger partial charge in [-0.25, -0.2) is 13.8 Å². The lowest BCUT2D eigenvalue weighted by atomic mass is 10.0. The number of aromatic amines is 1. The third-order valence-electron chi connectivity index (χ3n) is 8.06. The summed E-state index contributed by atoms with van der Waals surface area (Å²) in [6.07, 6.45) is -2.17. The highest BCUT2D eigenvalue weighted by Crippen LogP contribution is 2.36. The number of halogens is 5. The standard InChI is InChI=1S/C31H30F5N7O4/c1-41-6-8-42(9-7-41)21-2-3-23(26(15-21)43(29(45)31(34,35)36)20-4-10-46-11-5-20)28(44)39-25-17-37-24-16-38-30(40-27(24)25)47-22-13-18(32)12-19(33)14-22/h2-3,12-17,20,37H,4-11H2,1H3,(H,39,44). The van der Waals surface area contributed by atoms with Crippen LogP contribution < -0.4 is 19.9 Å². The maximum atomic E-state index is 14.1. The van der Waals surface area contributed by atoms with Crippen molar-refractivity contribution in [3.8, 4) is 11.8 Å². The molecule has 2 N–H and O–H groups in total. The normalized spacial score (nSPS) is 16.3. The van der Waals surface area contributed by atoms with E-state index >= 15 is 0 Å². The fourth-order valence-corrected chi connectivity index (χ4v) is 5.65. The Morgan fingerprint density at radius 1 is 1.04 bits per heavy atom. The van der Waals surface area contributed by atoms with Crippen molar-refractivity contribution < 1.29 is 41.0 Å². The van der Waals surface area contributed by atoms with Gasteiger partial charge in [0.1, 0.15) is 22.9 Å². The van der Waals surface area contributed by atoms with Gasteiger partial charge in [-0.05, 0) is 38.1 Å². The first kappa shape index (κ1) is 32.1. The zero-order valence-corrected chi connectivity index (χ0v) is 25.1. The lowest BCUT2D eigenvalue weighted by molar-refractivity contribution is -0.171. The zero-order valence-electron chi connectivity index (χ0n) is 25.1. The number of nitrogens with one attached hydrogen (secondary N) is 2. The fraction of sp³-hybridized carbons (Fsp3) is 0.355. The largest absolute Gasteiger partial charge is 0.471 e. The van der Waals surface area contributed by atoms with Crippen LogP contribution in [0.5, 0.6) is 11.8 Å². The molecule has 0 unspecified atom stereocenters. The van der Waals surface area contributed by atoms with Crippen LogP contribution in [0.3, 0.4) is 0 Å². The van der Waals surface area contributed by atoms with E-state index in [0.717, 1.165) is 25.2 Å². The molecule has 248 valence electrons. The number of carbonyl (C=O) groups is 2. The van der Waals surface area contributed by atoms with Gasteiger partial charge in [0.15, 0.2) is 0 Å². The van der Waals surface area contributed by atoms with Crippen molar-refractivity contribution in [3.63, 3.8) is 0 Å². The van der Waals surface area contributed by atoms with Crippen LogP contribution in [0.15, 0.2) is 48.8 Å². The maximum absolute atomic E-state index is 14.1. The number of aromatic nitrogens is 3. The Morgan fingerprint density at radius 2 is 1.74 bits per heavy atom. The van der Waals surface area contributed by atoms with E-state index in [4.69, 9.17) is 9.47 Å². The Morgan fingerprint density at radius 3 is 2.43 bits per heavy atom. The van der Waals surface area contributed by atoms with Crippen LogP contribution in [-0.4, -0.2) is 90.3 Å². The molecular formula is C31H30F5N7O4. The van der Waals surface area contributed by atoms with Gasteiger partial charge >= 0.3 is 18.1 Å². The van der Waals surface area contributed by atoms with Crippen LogP contribution in [0.2, 0.25) is 0 Å². The Bertz CT molecular complexity index is 1770. The fourth-order valence-electron chi connectivity index (χ4n) is 5.65. The number of hydrogen-bond acceptors (Lipinski definition) is 8. The molecule has 0 spiro atoms. The SMILES string of the molecule is CN1CCN(c2ccc(C(=O)Nc3c[nH]c4cnc(Oc5cc(F)cc(F)c5)nc34)c(N(C(=O)C(F)(F)F)C3CCOCC3)c2)CC1. The summed E-state index contributed by atoms with van der Waals surface area (Å²) in [4.78, 5) is 42.8. The van der Waals surface area contributed by atoms with Gasteiger partial charge in [0.25, 0.3) is 5.91 Å². The first-order chi connectivity index (χ1) is 22.5. The van der Waals surface area contributed by atoms with Crippen molar-refractivity contribution in [2.45, 2.75) is 25.1 Å². The number of alkyl halides is 3. The molecule has 2 fully saturated rings. The zero-order chi connectivity index (χ0) is 33.3. The Kier molecular flexibility index (Phi) is 8.96. The summed E-state index contributed by atoms with van der Waals surface area (Å²) in [7, 11) is 1.97. The molecule has 0 aliphatic carbocycles. The number of nitrogens with zero attached hydrogens (tertiary/aromatic N) is 5. The smallest absolute Gasteiger partial charge is 0.424 e. The van der Waals surface area contributed by atoms with E-state index in [1.54, 1.807) is 6.07 Å². The molecule has 2 aromatic heterocycles. The molecule has 2 amide bonds. The molecule has 0 saturated carbocycles. The van der Waals surface area contributed by atoms with Crippen LogP contribution in [0.1, 0.15) is 23.2 Å². The molecule has 2 saturated heterocycles. The first-order valence-corrected chi connectivity index (χ1v) is 14.8. The second-order valence-corrected chi connectivity index (χ2v) is 11.3. The molecule has 0 radical (unpaired) electrons. The number of ether oxygens (including phenoxy) is 2. The molecule has 6 rings (SSSR count). The van der Waals surface area contributed by atoms with E-state index < -0.39 is 35.7 Å². The molecule has 2 aromatic carbocycles. The Balaban J connectivity index is 1.36. The molecule has 0 atom stereocenters. The molecule has 2 aliphatic rings. The second-order valence-electron chi connectivity index (χ2n) is 11.3. The third-order valence-corrected chi connectivity index (χ3v) is 8.06. The van der Waals surface area contributed by atoms with Crippen molar-refractivity contribution in [1.29, 1.82) is 0 Å². The van der Waals surface area contributed by atoms with Crippen molar-refractivity contribution in [2.24, 2.45) is 0 Å². The van der Waals surface area contributed by atoms with E-state index in [-0.39, 0.29) is 60.3 Å². The predicted octanol–water partition coefficient (Wildman–Crippen LogP) is 5.11. The minimum atomic E-state index is -5.20. The monoisotopic (exact) mass is 659 g/mol. The number of benzene rings is 2. The van der Waals surface area contributed by atoms with Crippen LogP contribution in [0, 0.1) is 11.6 Å². The highest BCUT2D eigenvalue weighted by molar-refractivity contribution is 6.13. The Hall–Kier alpha value is -4.83. The number of amides is 2. The number of anilines is 3. The van der Waals surface area contributed by atoms with E-state index in [9.17, 15) is 31.5 Å². The van der Waals surface area contributed by atoms with Crippen molar-refractivity contribution in [3.05, 3.63) is 66.0 Å².